The molecule has 0 saturated carbocycles. The summed E-state index contributed by atoms with van der Waals surface area (Å²) in [4.78, 5) is 20.2. The summed E-state index contributed by atoms with van der Waals surface area (Å²) < 4.78 is 5.76. The van der Waals surface area contributed by atoms with Crippen LogP contribution in [0.2, 0.25) is 0 Å². The van der Waals surface area contributed by atoms with Crippen LogP contribution in [0.4, 0.5) is 0 Å². The van der Waals surface area contributed by atoms with E-state index in [1.165, 1.54) is 11.3 Å². The van der Waals surface area contributed by atoms with Gasteiger partial charge in [-0.25, -0.2) is 4.98 Å². The lowest BCUT2D eigenvalue weighted by atomic mass is 9.98. The molecule has 5 heteroatoms. The quantitative estimate of drug-likeness (QED) is 0.802. The largest absolute Gasteiger partial charge is 0.376 e. The smallest absolute Gasteiger partial charge is 0.265 e. The molecule has 0 bridgehead atoms. The number of carbonyl (C=O) groups excluding carboxylic acids is 1. The third-order valence-corrected chi connectivity index (χ3v) is 5.72. The molecular formula is C20H26N2O2S. The van der Waals surface area contributed by atoms with Gasteiger partial charge in [0.1, 0.15) is 4.88 Å². The lowest BCUT2D eigenvalue weighted by molar-refractivity contribution is 0.0511. The number of hydrogen-bond acceptors (Lipinski definition) is 4. The first kappa shape index (κ1) is 18.1. The van der Waals surface area contributed by atoms with Gasteiger partial charge in [-0.3, -0.25) is 4.79 Å². The van der Waals surface area contributed by atoms with Crippen molar-refractivity contribution in [1.29, 1.82) is 0 Å². The first-order valence-electron chi connectivity index (χ1n) is 8.84. The lowest BCUT2D eigenvalue weighted by Crippen LogP contribution is -2.36. The molecule has 134 valence electrons. The summed E-state index contributed by atoms with van der Waals surface area (Å²) in [5.74, 6) is 0.0485. The molecule has 0 N–H and O–H groups in total. The molecule has 1 aliphatic heterocycles. The van der Waals surface area contributed by atoms with Crippen molar-refractivity contribution in [2.24, 2.45) is 0 Å². The predicted molar refractivity (Wildman–Crippen MR) is 101 cm³/mol. The summed E-state index contributed by atoms with van der Waals surface area (Å²) >= 11 is 1.50. The van der Waals surface area contributed by atoms with E-state index in [0.29, 0.717) is 18.0 Å². The van der Waals surface area contributed by atoms with Crippen molar-refractivity contribution in [2.75, 3.05) is 13.2 Å². The van der Waals surface area contributed by atoms with Crippen LogP contribution in [0.15, 0.2) is 36.5 Å². The van der Waals surface area contributed by atoms with Gasteiger partial charge < -0.3 is 9.64 Å². The van der Waals surface area contributed by atoms with Gasteiger partial charge in [-0.15, -0.1) is 11.3 Å². The van der Waals surface area contributed by atoms with Crippen molar-refractivity contribution in [3.63, 3.8) is 0 Å². The minimum atomic E-state index is -0.0397. The highest BCUT2D eigenvalue weighted by Gasteiger charge is 2.26. The minimum absolute atomic E-state index is 0.0397. The van der Waals surface area contributed by atoms with Crippen LogP contribution >= 0.6 is 11.3 Å². The summed E-state index contributed by atoms with van der Waals surface area (Å²) in [6.45, 7) is 8.39. The van der Waals surface area contributed by atoms with Gasteiger partial charge in [0.25, 0.3) is 5.91 Å². The lowest BCUT2D eigenvalue weighted by Gasteiger charge is -2.25. The second-order valence-electron chi connectivity index (χ2n) is 7.59. The molecule has 1 aromatic carbocycles. The zero-order valence-electron chi connectivity index (χ0n) is 15.2. The van der Waals surface area contributed by atoms with Gasteiger partial charge in [-0.1, -0.05) is 51.1 Å². The Morgan fingerprint density at radius 3 is 2.68 bits per heavy atom. The molecule has 1 saturated heterocycles. The Labute approximate surface area is 153 Å². The van der Waals surface area contributed by atoms with Crippen molar-refractivity contribution in [3.8, 4) is 0 Å². The summed E-state index contributed by atoms with van der Waals surface area (Å²) in [5, 5.41) is 0.993. The number of aromatic nitrogens is 1. The molecule has 25 heavy (non-hydrogen) atoms. The van der Waals surface area contributed by atoms with Crippen LogP contribution < -0.4 is 0 Å². The van der Waals surface area contributed by atoms with E-state index in [4.69, 9.17) is 4.74 Å². The number of nitrogens with zero attached hydrogens (tertiary/aromatic N) is 2. The van der Waals surface area contributed by atoms with Crippen molar-refractivity contribution < 1.29 is 9.53 Å². The Morgan fingerprint density at radius 2 is 2.08 bits per heavy atom. The summed E-state index contributed by atoms with van der Waals surface area (Å²) in [6, 6.07) is 10.1. The van der Waals surface area contributed by atoms with Crippen LogP contribution in [0, 0.1) is 0 Å². The molecule has 4 nitrogen and oxygen atoms in total. The van der Waals surface area contributed by atoms with Gasteiger partial charge in [0, 0.05) is 25.1 Å². The van der Waals surface area contributed by atoms with E-state index in [-0.39, 0.29) is 17.4 Å². The molecular weight excluding hydrogens is 332 g/mol. The van der Waals surface area contributed by atoms with E-state index in [0.717, 1.165) is 30.0 Å². The maximum Gasteiger partial charge on any atom is 0.265 e. The van der Waals surface area contributed by atoms with E-state index in [1.807, 2.05) is 23.1 Å². The van der Waals surface area contributed by atoms with Gasteiger partial charge in [0.05, 0.1) is 17.3 Å². The maximum atomic E-state index is 13.1. The minimum Gasteiger partial charge on any atom is -0.376 e. The number of hydrogen-bond donors (Lipinski definition) is 0. The normalized spacial score (nSPS) is 17.6. The van der Waals surface area contributed by atoms with Crippen LogP contribution in [0.3, 0.4) is 0 Å². The van der Waals surface area contributed by atoms with Crippen molar-refractivity contribution >= 4 is 17.2 Å². The first-order valence-corrected chi connectivity index (χ1v) is 9.66. The molecule has 3 rings (SSSR count). The SMILES string of the molecule is CC(C)(C)c1ncc(C(=O)N(Cc2ccccc2)CC2CCCO2)s1. The molecule has 2 heterocycles. The number of thiazole rings is 1. The Balaban J connectivity index is 1.79. The van der Waals surface area contributed by atoms with E-state index >= 15 is 0 Å². The Kier molecular flexibility index (Phi) is 5.54. The summed E-state index contributed by atoms with van der Waals surface area (Å²) in [6.07, 6.45) is 3.96. The maximum absolute atomic E-state index is 13.1. The van der Waals surface area contributed by atoms with Gasteiger partial charge in [-0.2, -0.15) is 0 Å². The van der Waals surface area contributed by atoms with Crippen LogP contribution in [-0.4, -0.2) is 35.0 Å². The zero-order valence-corrected chi connectivity index (χ0v) is 16.0. The summed E-state index contributed by atoms with van der Waals surface area (Å²) in [5.41, 5.74) is 1.09. The molecule has 1 aliphatic rings. The van der Waals surface area contributed by atoms with Crippen LogP contribution in [-0.2, 0) is 16.7 Å². The molecule has 0 aliphatic carbocycles. The monoisotopic (exact) mass is 358 g/mol. The molecule has 0 spiro atoms. The van der Waals surface area contributed by atoms with Gasteiger partial charge >= 0.3 is 0 Å². The fourth-order valence-corrected chi connectivity index (χ4v) is 3.87. The second-order valence-corrected chi connectivity index (χ2v) is 8.62. The highest BCUT2D eigenvalue weighted by atomic mass is 32.1. The van der Waals surface area contributed by atoms with Crippen molar-refractivity contribution in [3.05, 3.63) is 52.0 Å². The first-order chi connectivity index (χ1) is 11.9. The van der Waals surface area contributed by atoms with Crippen LogP contribution in [0.25, 0.3) is 0 Å². The van der Waals surface area contributed by atoms with Gasteiger partial charge in [0.15, 0.2) is 0 Å². The number of amides is 1. The Hall–Kier alpha value is -1.72. The highest BCUT2D eigenvalue weighted by molar-refractivity contribution is 7.13. The van der Waals surface area contributed by atoms with Gasteiger partial charge in [-0.05, 0) is 18.4 Å². The van der Waals surface area contributed by atoms with Gasteiger partial charge in [0.2, 0.25) is 0 Å². The highest BCUT2D eigenvalue weighted by Crippen LogP contribution is 2.28. The molecule has 0 radical (unpaired) electrons. The number of benzene rings is 1. The Bertz CT molecular complexity index is 700. The van der Waals surface area contributed by atoms with E-state index in [2.05, 4.69) is 37.9 Å². The fraction of sp³-hybridized carbons (Fsp3) is 0.500. The number of rotatable bonds is 5. The molecule has 1 aromatic heterocycles. The zero-order chi connectivity index (χ0) is 17.9. The molecule has 1 fully saturated rings. The third kappa shape index (κ3) is 4.67. The predicted octanol–water partition coefficient (Wildman–Crippen LogP) is 4.26. The van der Waals surface area contributed by atoms with E-state index in [1.54, 1.807) is 6.20 Å². The standard InChI is InChI=1S/C20H26N2O2S/c1-20(2,3)19-21-12-17(25-19)18(23)22(14-16-10-7-11-24-16)13-15-8-5-4-6-9-15/h4-6,8-9,12,16H,7,10-11,13-14H2,1-3H3. The Morgan fingerprint density at radius 1 is 1.32 bits per heavy atom. The van der Waals surface area contributed by atoms with E-state index in [9.17, 15) is 4.79 Å². The van der Waals surface area contributed by atoms with Crippen LogP contribution in [0.1, 0.15) is 53.9 Å². The fourth-order valence-electron chi connectivity index (χ4n) is 2.93. The number of carbonyl (C=O) groups is 1. The molecule has 1 atom stereocenters. The average molecular weight is 359 g/mol. The molecule has 2 aromatic rings. The summed E-state index contributed by atoms with van der Waals surface area (Å²) in [7, 11) is 0. The topological polar surface area (TPSA) is 42.4 Å². The average Bonchev–Trinajstić information content (AvgIpc) is 3.26. The van der Waals surface area contributed by atoms with Crippen LogP contribution in [0.5, 0.6) is 0 Å². The number of ether oxygens (including phenoxy) is 1. The van der Waals surface area contributed by atoms with E-state index < -0.39 is 0 Å². The second kappa shape index (κ2) is 7.67. The molecule has 1 unspecified atom stereocenters. The van der Waals surface area contributed by atoms with Crippen molar-refractivity contribution in [2.45, 2.75) is 51.7 Å². The van der Waals surface area contributed by atoms with Crippen molar-refractivity contribution in [1.82, 2.24) is 9.88 Å². The molecule has 1 amide bonds. The third-order valence-electron chi connectivity index (χ3n) is 4.31.